The van der Waals surface area contributed by atoms with Crippen LogP contribution in [0.1, 0.15) is 12.8 Å². The normalized spacial score (nSPS) is 20.0. The molecule has 0 bridgehead atoms. The summed E-state index contributed by atoms with van der Waals surface area (Å²) < 4.78 is 13.0. The van der Waals surface area contributed by atoms with E-state index in [2.05, 4.69) is 10.6 Å². The first-order valence-corrected chi connectivity index (χ1v) is 6.01. The molecule has 0 aromatic heterocycles. The lowest BCUT2D eigenvalue weighted by Crippen LogP contribution is -2.37. The smallest absolute Gasteiger partial charge is 0.228 e. The van der Waals surface area contributed by atoms with E-state index in [-0.39, 0.29) is 11.8 Å². The van der Waals surface area contributed by atoms with E-state index in [1.807, 2.05) is 0 Å². The van der Waals surface area contributed by atoms with Crippen LogP contribution in [-0.4, -0.2) is 19.0 Å². The van der Waals surface area contributed by atoms with Gasteiger partial charge < -0.3 is 10.6 Å². The summed E-state index contributed by atoms with van der Waals surface area (Å²) in [6.45, 7) is 1.61. The lowest BCUT2D eigenvalue weighted by molar-refractivity contribution is -0.120. The van der Waals surface area contributed by atoms with E-state index >= 15 is 0 Å². The molecule has 17 heavy (non-hydrogen) atoms. The molecule has 1 aromatic rings. The molecule has 92 valence electrons. The first-order valence-electron chi connectivity index (χ1n) is 5.63. The molecule has 5 heteroatoms. The highest BCUT2D eigenvalue weighted by Crippen LogP contribution is 2.23. The van der Waals surface area contributed by atoms with Crippen LogP contribution < -0.4 is 10.6 Å². The molecule has 0 unspecified atom stereocenters. The highest BCUT2D eigenvalue weighted by atomic mass is 35.5. The van der Waals surface area contributed by atoms with E-state index in [4.69, 9.17) is 11.6 Å². The SMILES string of the molecule is O=C(Nc1cc(F)ccc1Cl)[C@@H]1CCCNC1. The second-order valence-electron chi connectivity index (χ2n) is 4.16. The molecule has 0 spiro atoms. The summed E-state index contributed by atoms with van der Waals surface area (Å²) in [5.41, 5.74) is 0.335. The highest BCUT2D eigenvalue weighted by molar-refractivity contribution is 6.33. The number of rotatable bonds is 2. The summed E-state index contributed by atoms with van der Waals surface area (Å²) in [7, 11) is 0. The van der Waals surface area contributed by atoms with E-state index in [0.717, 1.165) is 19.4 Å². The van der Waals surface area contributed by atoms with Gasteiger partial charge in [-0.05, 0) is 37.6 Å². The van der Waals surface area contributed by atoms with Gasteiger partial charge in [-0.15, -0.1) is 0 Å². The van der Waals surface area contributed by atoms with Crippen LogP contribution in [0.5, 0.6) is 0 Å². The van der Waals surface area contributed by atoms with Gasteiger partial charge in [0.05, 0.1) is 16.6 Å². The fourth-order valence-corrected chi connectivity index (χ4v) is 2.07. The molecule has 1 saturated heterocycles. The molecule has 3 nitrogen and oxygen atoms in total. The standard InChI is InChI=1S/C12H14ClFN2O/c13-10-4-3-9(14)6-11(10)16-12(17)8-2-1-5-15-7-8/h3-4,6,8,15H,1-2,5,7H2,(H,16,17)/t8-/m1/s1. The molecule has 1 amide bonds. The van der Waals surface area contributed by atoms with Gasteiger partial charge in [0, 0.05) is 6.54 Å². The molecule has 1 aliphatic heterocycles. The zero-order valence-electron chi connectivity index (χ0n) is 9.30. The number of halogens is 2. The Labute approximate surface area is 104 Å². The number of amides is 1. The van der Waals surface area contributed by atoms with Gasteiger partial charge in [-0.1, -0.05) is 11.6 Å². The molecule has 0 saturated carbocycles. The minimum atomic E-state index is -0.411. The molecular formula is C12H14ClFN2O. The highest BCUT2D eigenvalue weighted by Gasteiger charge is 2.21. The van der Waals surface area contributed by atoms with Crippen molar-refractivity contribution in [3.63, 3.8) is 0 Å². The van der Waals surface area contributed by atoms with Gasteiger partial charge in [0.2, 0.25) is 5.91 Å². The first kappa shape index (κ1) is 12.3. The molecule has 1 atom stereocenters. The van der Waals surface area contributed by atoms with Gasteiger partial charge in [0.15, 0.2) is 0 Å². The number of carbonyl (C=O) groups is 1. The van der Waals surface area contributed by atoms with Gasteiger partial charge >= 0.3 is 0 Å². The maximum atomic E-state index is 13.0. The Morgan fingerprint density at radius 1 is 1.53 bits per heavy atom. The third kappa shape index (κ3) is 3.17. The lowest BCUT2D eigenvalue weighted by Gasteiger charge is -2.22. The number of nitrogens with one attached hydrogen (secondary N) is 2. The van der Waals surface area contributed by atoms with Crippen molar-refractivity contribution in [1.82, 2.24) is 5.32 Å². The maximum absolute atomic E-state index is 13.0. The van der Waals surface area contributed by atoms with E-state index in [1.54, 1.807) is 0 Å². The van der Waals surface area contributed by atoms with Crippen LogP contribution in [0.4, 0.5) is 10.1 Å². The van der Waals surface area contributed by atoms with E-state index in [0.29, 0.717) is 17.3 Å². The Hall–Kier alpha value is -1.13. The molecular weight excluding hydrogens is 243 g/mol. The minimum Gasteiger partial charge on any atom is -0.324 e. The van der Waals surface area contributed by atoms with Crippen LogP contribution in [0.25, 0.3) is 0 Å². The second-order valence-corrected chi connectivity index (χ2v) is 4.56. The van der Waals surface area contributed by atoms with Gasteiger partial charge in [-0.3, -0.25) is 4.79 Å². The minimum absolute atomic E-state index is 0.0666. The number of piperidine rings is 1. The third-order valence-electron chi connectivity index (χ3n) is 2.85. The van der Waals surface area contributed by atoms with Crippen molar-refractivity contribution >= 4 is 23.2 Å². The summed E-state index contributed by atoms with van der Waals surface area (Å²) in [6.07, 6.45) is 1.83. The van der Waals surface area contributed by atoms with Crippen LogP contribution >= 0.6 is 11.6 Å². The van der Waals surface area contributed by atoms with Crippen molar-refractivity contribution in [3.05, 3.63) is 29.0 Å². The molecule has 1 aromatic carbocycles. The summed E-state index contributed by atoms with van der Waals surface area (Å²) in [6, 6.07) is 3.93. The Kier molecular flexibility index (Phi) is 3.97. The van der Waals surface area contributed by atoms with Crippen molar-refractivity contribution in [2.75, 3.05) is 18.4 Å². The Morgan fingerprint density at radius 2 is 2.35 bits per heavy atom. The van der Waals surface area contributed by atoms with Crippen LogP contribution in [0.2, 0.25) is 5.02 Å². The zero-order chi connectivity index (χ0) is 12.3. The molecule has 1 aliphatic rings. The summed E-state index contributed by atoms with van der Waals surface area (Å²) >= 11 is 5.88. The van der Waals surface area contributed by atoms with Crippen LogP contribution in [0.3, 0.4) is 0 Å². The molecule has 0 radical (unpaired) electrons. The monoisotopic (exact) mass is 256 g/mol. The Morgan fingerprint density at radius 3 is 3.06 bits per heavy atom. The zero-order valence-corrected chi connectivity index (χ0v) is 10.1. The number of anilines is 1. The van der Waals surface area contributed by atoms with Crippen LogP contribution in [0, 0.1) is 11.7 Å². The van der Waals surface area contributed by atoms with Gasteiger partial charge in [-0.2, -0.15) is 0 Å². The van der Waals surface area contributed by atoms with Gasteiger partial charge in [-0.25, -0.2) is 4.39 Å². The van der Waals surface area contributed by atoms with E-state index in [9.17, 15) is 9.18 Å². The molecule has 2 rings (SSSR count). The van der Waals surface area contributed by atoms with Gasteiger partial charge in [0.25, 0.3) is 0 Å². The van der Waals surface area contributed by atoms with Crippen molar-refractivity contribution in [1.29, 1.82) is 0 Å². The second kappa shape index (κ2) is 5.47. The summed E-state index contributed by atoms with van der Waals surface area (Å²) in [4.78, 5) is 11.9. The molecule has 2 N–H and O–H groups in total. The number of hydrogen-bond donors (Lipinski definition) is 2. The molecule has 1 heterocycles. The number of hydrogen-bond acceptors (Lipinski definition) is 2. The number of carbonyl (C=O) groups excluding carboxylic acids is 1. The lowest BCUT2D eigenvalue weighted by atomic mass is 9.99. The first-order chi connectivity index (χ1) is 8.16. The fraction of sp³-hybridized carbons (Fsp3) is 0.417. The topological polar surface area (TPSA) is 41.1 Å². The van der Waals surface area contributed by atoms with Crippen molar-refractivity contribution in [2.45, 2.75) is 12.8 Å². The van der Waals surface area contributed by atoms with E-state index < -0.39 is 5.82 Å². The molecule has 0 aliphatic carbocycles. The fourth-order valence-electron chi connectivity index (χ4n) is 1.90. The van der Waals surface area contributed by atoms with Crippen molar-refractivity contribution in [3.8, 4) is 0 Å². The molecule has 1 fully saturated rings. The quantitative estimate of drug-likeness (QED) is 0.853. The summed E-state index contributed by atoms with van der Waals surface area (Å²) in [5, 5.41) is 6.18. The Balaban J connectivity index is 2.04. The van der Waals surface area contributed by atoms with E-state index in [1.165, 1.54) is 18.2 Å². The predicted octanol–water partition coefficient (Wildman–Crippen LogP) is 2.42. The number of benzene rings is 1. The van der Waals surface area contributed by atoms with Gasteiger partial charge in [0.1, 0.15) is 5.82 Å². The van der Waals surface area contributed by atoms with Crippen molar-refractivity contribution < 1.29 is 9.18 Å². The third-order valence-corrected chi connectivity index (χ3v) is 3.18. The van der Waals surface area contributed by atoms with Crippen molar-refractivity contribution in [2.24, 2.45) is 5.92 Å². The van der Waals surface area contributed by atoms with Crippen LogP contribution in [-0.2, 0) is 4.79 Å². The maximum Gasteiger partial charge on any atom is 0.228 e. The summed E-state index contributed by atoms with van der Waals surface area (Å²) in [5.74, 6) is -0.584. The average Bonchev–Trinajstić information content (AvgIpc) is 2.35. The largest absolute Gasteiger partial charge is 0.324 e. The average molecular weight is 257 g/mol. The Bertz CT molecular complexity index is 419. The van der Waals surface area contributed by atoms with Crippen LogP contribution in [0.15, 0.2) is 18.2 Å². The predicted molar refractivity (Wildman–Crippen MR) is 65.6 cm³/mol.